The van der Waals surface area contributed by atoms with E-state index in [9.17, 15) is 0 Å². The standard InChI is InChI=1S/C27H27N3/c1-17(2)20-11-14-25-24(16-20)29-27(28-22-12-9-18(3)10-13-22)30(25)26-19(4)15-21-7-5-6-8-23(21)26/h5-14,16,19,26H,1,15H2,2-4H3,(H,28,29)/t19-,26-/m1/s1. The highest BCUT2D eigenvalue weighted by Crippen LogP contribution is 2.42. The number of aromatic nitrogens is 2. The molecule has 0 aliphatic heterocycles. The molecule has 30 heavy (non-hydrogen) atoms. The van der Waals surface area contributed by atoms with Crippen molar-refractivity contribution in [1.29, 1.82) is 0 Å². The van der Waals surface area contributed by atoms with Gasteiger partial charge in [0, 0.05) is 5.69 Å². The van der Waals surface area contributed by atoms with Crippen molar-refractivity contribution >= 4 is 28.2 Å². The fourth-order valence-corrected chi connectivity index (χ4v) is 4.67. The SMILES string of the molecule is C=C(C)c1ccc2c(c1)nc(Nc1ccc(C)cc1)n2[C@H]1c2ccccc2C[C@H]1C. The predicted octanol–water partition coefficient (Wildman–Crippen LogP) is 6.90. The molecule has 3 nitrogen and oxygen atoms in total. The van der Waals surface area contributed by atoms with Gasteiger partial charge in [0.25, 0.3) is 0 Å². The van der Waals surface area contributed by atoms with E-state index >= 15 is 0 Å². The maximum absolute atomic E-state index is 5.04. The van der Waals surface area contributed by atoms with Gasteiger partial charge in [0.1, 0.15) is 0 Å². The second-order valence-electron chi connectivity index (χ2n) is 8.61. The number of benzene rings is 3. The summed E-state index contributed by atoms with van der Waals surface area (Å²) in [7, 11) is 0. The quantitative estimate of drug-likeness (QED) is 0.408. The lowest BCUT2D eigenvalue weighted by Gasteiger charge is -2.23. The van der Waals surface area contributed by atoms with Crippen LogP contribution in [0.3, 0.4) is 0 Å². The van der Waals surface area contributed by atoms with Crippen LogP contribution in [0, 0.1) is 12.8 Å². The summed E-state index contributed by atoms with van der Waals surface area (Å²) >= 11 is 0. The Morgan fingerprint density at radius 3 is 2.60 bits per heavy atom. The van der Waals surface area contributed by atoms with Gasteiger partial charge in [-0.2, -0.15) is 0 Å². The van der Waals surface area contributed by atoms with Gasteiger partial charge in [0.2, 0.25) is 5.95 Å². The van der Waals surface area contributed by atoms with Crippen LogP contribution in [0.5, 0.6) is 0 Å². The maximum atomic E-state index is 5.04. The molecule has 3 heteroatoms. The zero-order valence-electron chi connectivity index (χ0n) is 17.8. The molecule has 0 amide bonds. The Bertz CT molecular complexity index is 1250. The number of rotatable bonds is 4. The first-order chi connectivity index (χ1) is 14.5. The molecule has 0 radical (unpaired) electrons. The third-order valence-corrected chi connectivity index (χ3v) is 6.22. The first-order valence-electron chi connectivity index (χ1n) is 10.6. The Hall–Kier alpha value is -3.33. The Balaban J connectivity index is 1.70. The Kier molecular flexibility index (Phi) is 4.47. The van der Waals surface area contributed by atoms with Gasteiger partial charge in [-0.15, -0.1) is 0 Å². The average Bonchev–Trinajstić information content (AvgIpc) is 3.24. The highest BCUT2D eigenvalue weighted by molar-refractivity contribution is 5.84. The lowest BCUT2D eigenvalue weighted by atomic mass is 10.0. The number of allylic oxidation sites excluding steroid dienone is 1. The summed E-state index contributed by atoms with van der Waals surface area (Å²) in [5.41, 5.74) is 9.49. The fourth-order valence-electron chi connectivity index (χ4n) is 4.67. The summed E-state index contributed by atoms with van der Waals surface area (Å²) in [6.45, 7) is 10.6. The van der Waals surface area contributed by atoms with E-state index in [1.165, 1.54) is 16.7 Å². The van der Waals surface area contributed by atoms with Crippen LogP contribution in [0.15, 0.2) is 73.3 Å². The smallest absolute Gasteiger partial charge is 0.209 e. The van der Waals surface area contributed by atoms with Crippen LogP contribution in [0.25, 0.3) is 16.6 Å². The van der Waals surface area contributed by atoms with Crippen molar-refractivity contribution in [3.05, 3.63) is 95.6 Å². The number of fused-ring (bicyclic) bond motifs is 2. The molecule has 1 heterocycles. The Labute approximate surface area is 178 Å². The van der Waals surface area contributed by atoms with Crippen molar-refractivity contribution in [2.45, 2.75) is 33.2 Å². The molecule has 2 atom stereocenters. The molecule has 4 aromatic rings. The molecule has 1 aromatic heterocycles. The molecule has 0 saturated carbocycles. The third kappa shape index (κ3) is 3.11. The largest absolute Gasteiger partial charge is 0.326 e. The number of hydrogen-bond donors (Lipinski definition) is 1. The van der Waals surface area contributed by atoms with Crippen LogP contribution in [-0.4, -0.2) is 9.55 Å². The molecule has 3 aromatic carbocycles. The molecule has 0 fully saturated rings. The van der Waals surface area contributed by atoms with Gasteiger partial charge < -0.3 is 9.88 Å². The van der Waals surface area contributed by atoms with Crippen molar-refractivity contribution in [3.63, 3.8) is 0 Å². The van der Waals surface area contributed by atoms with Crippen LogP contribution < -0.4 is 5.32 Å². The molecule has 0 bridgehead atoms. The molecular formula is C27H27N3. The summed E-state index contributed by atoms with van der Waals surface area (Å²) in [5.74, 6) is 1.39. The van der Waals surface area contributed by atoms with Crippen molar-refractivity contribution < 1.29 is 0 Å². The molecule has 0 saturated heterocycles. The third-order valence-electron chi connectivity index (χ3n) is 6.22. The fraction of sp³-hybridized carbons (Fsp3) is 0.222. The van der Waals surface area contributed by atoms with Crippen molar-refractivity contribution in [3.8, 4) is 0 Å². The second-order valence-corrected chi connectivity index (χ2v) is 8.61. The molecule has 0 unspecified atom stereocenters. The van der Waals surface area contributed by atoms with Crippen molar-refractivity contribution in [2.75, 3.05) is 5.32 Å². The number of aryl methyl sites for hydroxylation is 1. The van der Waals surface area contributed by atoms with E-state index in [-0.39, 0.29) is 6.04 Å². The maximum Gasteiger partial charge on any atom is 0.209 e. The molecule has 1 aliphatic carbocycles. The molecule has 1 N–H and O–H groups in total. The molecule has 0 spiro atoms. The minimum absolute atomic E-state index is 0.259. The summed E-state index contributed by atoms with van der Waals surface area (Å²) < 4.78 is 2.40. The summed E-state index contributed by atoms with van der Waals surface area (Å²) in [6.07, 6.45) is 1.09. The number of anilines is 2. The minimum Gasteiger partial charge on any atom is -0.326 e. The average molecular weight is 394 g/mol. The van der Waals surface area contributed by atoms with Crippen LogP contribution in [-0.2, 0) is 6.42 Å². The van der Waals surface area contributed by atoms with Gasteiger partial charge in [-0.3, -0.25) is 0 Å². The van der Waals surface area contributed by atoms with Gasteiger partial charge in [0.05, 0.1) is 17.1 Å². The first-order valence-corrected chi connectivity index (χ1v) is 10.6. The summed E-state index contributed by atoms with van der Waals surface area (Å²) in [5, 5.41) is 3.60. The second kappa shape index (κ2) is 7.17. The van der Waals surface area contributed by atoms with Gasteiger partial charge in [-0.25, -0.2) is 4.98 Å². The van der Waals surface area contributed by atoms with E-state index in [0.717, 1.165) is 40.2 Å². The topological polar surface area (TPSA) is 29.9 Å². The first kappa shape index (κ1) is 18.7. The van der Waals surface area contributed by atoms with E-state index in [0.29, 0.717) is 5.92 Å². The van der Waals surface area contributed by atoms with Crippen LogP contribution in [0.2, 0.25) is 0 Å². The van der Waals surface area contributed by atoms with E-state index in [1.54, 1.807) is 0 Å². The molecule has 150 valence electrons. The van der Waals surface area contributed by atoms with Crippen LogP contribution >= 0.6 is 0 Å². The Morgan fingerprint density at radius 2 is 1.83 bits per heavy atom. The highest BCUT2D eigenvalue weighted by atomic mass is 15.2. The number of nitrogens with one attached hydrogen (secondary N) is 1. The normalized spacial score (nSPS) is 17.8. The van der Waals surface area contributed by atoms with E-state index in [4.69, 9.17) is 4.98 Å². The predicted molar refractivity (Wildman–Crippen MR) is 126 cm³/mol. The highest BCUT2D eigenvalue weighted by Gasteiger charge is 2.33. The number of hydrogen-bond acceptors (Lipinski definition) is 2. The van der Waals surface area contributed by atoms with Crippen molar-refractivity contribution in [1.82, 2.24) is 9.55 Å². The van der Waals surface area contributed by atoms with E-state index in [2.05, 4.69) is 97.0 Å². The lowest BCUT2D eigenvalue weighted by molar-refractivity contribution is 0.453. The molecular weight excluding hydrogens is 366 g/mol. The minimum atomic E-state index is 0.259. The zero-order chi connectivity index (χ0) is 20.8. The van der Waals surface area contributed by atoms with E-state index in [1.807, 2.05) is 6.92 Å². The lowest BCUT2D eigenvalue weighted by Crippen LogP contribution is -2.16. The van der Waals surface area contributed by atoms with Gasteiger partial charge in [-0.05, 0) is 67.1 Å². The van der Waals surface area contributed by atoms with Crippen LogP contribution in [0.4, 0.5) is 11.6 Å². The Morgan fingerprint density at radius 1 is 1.07 bits per heavy atom. The van der Waals surface area contributed by atoms with Gasteiger partial charge in [-0.1, -0.05) is 67.1 Å². The van der Waals surface area contributed by atoms with Gasteiger partial charge >= 0.3 is 0 Å². The number of imidazole rings is 1. The van der Waals surface area contributed by atoms with E-state index < -0.39 is 0 Å². The van der Waals surface area contributed by atoms with Gasteiger partial charge in [0.15, 0.2) is 0 Å². The molecule has 1 aliphatic rings. The summed E-state index contributed by atoms with van der Waals surface area (Å²) in [6, 6.07) is 24.1. The zero-order valence-corrected chi connectivity index (χ0v) is 17.8. The van der Waals surface area contributed by atoms with Crippen molar-refractivity contribution in [2.24, 2.45) is 5.92 Å². The molecule has 5 rings (SSSR count). The number of nitrogens with zero attached hydrogens (tertiary/aromatic N) is 2. The summed E-state index contributed by atoms with van der Waals surface area (Å²) in [4.78, 5) is 5.04. The monoisotopic (exact) mass is 393 g/mol. The van der Waals surface area contributed by atoms with Crippen LogP contribution in [0.1, 0.15) is 42.1 Å².